The van der Waals surface area contributed by atoms with Gasteiger partial charge in [0.1, 0.15) is 5.84 Å². The van der Waals surface area contributed by atoms with Crippen LogP contribution in [-0.4, -0.2) is 5.84 Å². The van der Waals surface area contributed by atoms with E-state index in [1.807, 2.05) is 54.6 Å². The van der Waals surface area contributed by atoms with Gasteiger partial charge in [0.2, 0.25) is 0 Å². The first-order chi connectivity index (χ1) is 31.7. The van der Waals surface area contributed by atoms with E-state index < -0.39 is 5.41 Å². The molecule has 0 atom stereocenters. The number of hydrogen-bond acceptors (Lipinski definition) is 2. The largest absolute Gasteiger partial charge is 0.384 e. The fourth-order valence-corrected chi connectivity index (χ4v) is 9.90. The van der Waals surface area contributed by atoms with Gasteiger partial charge < -0.3 is 11.5 Å². The number of allylic oxidation sites excluding steroid dienone is 9. The van der Waals surface area contributed by atoms with E-state index in [9.17, 15) is 0 Å². The SMILES string of the molecule is C\C=C/C1=C(\C=C\c2ccc(C3=CC=C(c4ccccc4)CC3)cc2)c2c(C(=N)N)cccc2C12c1ccccc1C(C)(C)c1ccccc12.Cc1ccccc1.NCc1ccccc1. The molecule has 0 aliphatic heterocycles. The van der Waals surface area contributed by atoms with Gasteiger partial charge >= 0.3 is 0 Å². The molecule has 0 bridgehead atoms. The van der Waals surface area contributed by atoms with Gasteiger partial charge in [-0.2, -0.15) is 0 Å². The number of hydrogen-bond donors (Lipinski definition) is 3. The predicted molar refractivity (Wildman–Crippen MR) is 277 cm³/mol. The Morgan fingerprint density at radius 3 is 1.52 bits per heavy atom. The highest BCUT2D eigenvalue weighted by atomic mass is 14.7. The van der Waals surface area contributed by atoms with Crippen molar-refractivity contribution < 1.29 is 0 Å². The number of nitrogens with one attached hydrogen (secondary N) is 1. The van der Waals surface area contributed by atoms with Crippen LogP contribution in [0.25, 0.3) is 22.8 Å². The minimum Gasteiger partial charge on any atom is -0.384 e. The average molecular weight is 846 g/mol. The van der Waals surface area contributed by atoms with Crippen LogP contribution in [0, 0.1) is 12.3 Å². The van der Waals surface area contributed by atoms with Crippen LogP contribution in [0.4, 0.5) is 0 Å². The first-order valence-electron chi connectivity index (χ1n) is 22.7. The Balaban J connectivity index is 0.000000325. The predicted octanol–water partition coefficient (Wildman–Crippen LogP) is 14.4. The molecule has 7 aromatic carbocycles. The normalized spacial score (nSPS) is 15.2. The van der Waals surface area contributed by atoms with Crippen molar-refractivity contribution in [2.24, 2.45) is 11.5 Å². The highest BCUT2D eigenvalue weighted by Gasteiger charge is 2.53. The molecule has 0 radical (unpaired) electrons. The summed E-state index contributed by atoms with van der Waals surface area (Å²) in [6.07, 6.45) is 15.5. The molecule has 0 amide bonds. The summed E-state index contributed by atoms with van der Waals surface area (Å²) in [6, 6.07) is 64.0. The third-order valence-electron chi connectivity index (χ3n) is 13.1. The second-order valence-corrected chi connectivity index (χ2v) is 17.5. The summed E-state index contributed by atoms with van der Waals surface area (Å²) in [5.74, 6) is 0.0805. The lowest BCUT2D eigenvalue weighted by atomic mass is 9.55. The van der Waals surface area contributed by atoms with Crippen LogP contribution < -0.4 is 11.5 Å². The lowest BCUT2D eigenvalue weighted by molar-refractivity contribution is 0.562. The quantitative estimate of drug-likeness (QED) is 0.110. The maximum atomic E-state index is 8.70. The second-order valence-electron chi connectivity index (χ2n) is 17.5. The lowest BCUT2D eigenvalue weighted by Gasteiger charge is -2.47. The van der Waals surface area contributed by atoms with Crippen molar-refractivity contribution in [3.63, 3.8) is 0 Å². The van der Waals surface area contributed by atoms with Crippen molar-refractivity contribution in [3.05, 3.63) is 285 Å². The van der Waals surface area contributed by atoms with Crippen LogP contribution in [0.3, 0.4) is 0 Å². The Hall–Kier alpha value is -7.33. The molecule has 0 saturated heterocycles. The molecule has 3 heteroatoms. The second kappa shape index (κ2) is 19.6. The molecule has 0 aromatic heterocycles. The van der Waals surface area contributed by atoms with E-state index in [0.29, 0.717) is 6.54 Å². The van der Waals surface area contributed by atoms with E-state index in [4.69, 9.17) is 16.9 Å². The minimum absolute atomic E-state index is 0.0805. The zero-order valence-electron chi connectivity index (χ0n) is 38.1. The summed E-state index contributed by atoms with van der Waals surface area (Å²) in [5, 5.41) is 8.70. The number of nitrogen functional groups attached to an aromatic ring is 1. The molecule has 0 saturated carbocycles. The number of aryl methyl sites for hydroxylation is 1. The minimum atomic E-state index is -0.556. The zero-order valence-corrected chi connectivity index (χ0v) is 38.1. The smallest absolute Gasteiger partial charge is 0.123 e. The Labute approximate surface area is 386 Å². The summed E-state index contributed by atoms with van der Waals surface area (Å²) in [6.45, 7) is 9.49. The molecule has 3 aliphatic carbocycles. The van der Waals surface area contributed by atoms with Gasteiger partial charge in [0.15, 0.2) is 0 Å². The van der Waals surface area contributed by atoms with Crippen LogP contribution >= 0.6 is 0 Å². The molecule has 7 aromatic rings. The number of rotatable bonds is 7. The molecular formula is C62H59N3. The summed E-state index contributed by atoms with van der Waals surface area (Å²) < 4.78 is 0. The standard InChI is InChI=1S/C48H42N2.C7H9N.C7H8/c1-4-13-39-37(31-24-32-22-25-34(26-23-32)36-29-27-35(28-30-36)33-14-6-5-7-15-33)45-38(46(49)50)16-12-21-44(45)48(39)42-19-10-8-17-40(42)47(2,3)41-18-9-11-20-43(41)48;8-6-7-4-2-1-3-5-7;1-7-5-3-2-4-6-7/h4-27,29,31H,28,30H2,1-3H3,(H3,49,50);1-5H,6,8H2;2-6H,1H3/b13-4-,31-24+;;. The Kier molecular flexibility index (Phi) is 13.4. The first kappa shape index (κ1) is 44.3. The van der Waals surface area contributed by atoms with Gasteiger partial charge in [-0.25, -0.2) is 0 Å². The molecule has 3 aliphatic rings. The number of benzene rings is 7. The van der Waals surface area contributed by atoms with Crippen molar-refractivity contribution >= 4 is 28.6 Å². The molecular weight excluding hydrogens is 787 g/mol. The molecule has 1 spiro atoms. The van der Waals surface area contributed by atoms with Crippen molar-refractivity contribution in [1.29, 1.82) is 5.41 Å². The summed E-state index contributed by atoms with van der Waals surface area (Å²) in [4.78, 5) is 0. The van der Waals surface area contributed by atoms with Gasteiger partial charge in [0.25, 0.3) is 0 Å². The first-order valence-corrected chi connectivity index (χ1v) is 22.7. The molecule has 0 heterocycles. The van der Waals surface area contributed by atoms with Gasteiger partial charge in [0, 0.05) is 17.5 Å². The molecule has 10 rings (SSSR count). The van der Waals surface area contributed by atoms with Gasteiger partial charge in [-0.3, -0.25) is 5.41 Å². The van der Waals surface area contributed by atoms with Crippen molar-refractivity contribution in [1.82, 2.24) is 0 Å². The van der Waals surface area contributed by atoms with Crippen molar-refractivity contribution in [2.75, 3.05) is 0 Å². The molecule has 65 heavy (non-hydrogen) atoms. The number of amidine groups is 1. The molecule has 0 fully saturated rings. The van der Waals surface area contributed by atoms with Crippen molar-refractivity contribution in [3.8, 4) is 0 Å². The summed E-state index contributed by atoms with van der Waals surface area (Å²) >= 11 is 0. The Morgan fingerprint density at radius 1 is 0.554 bits per heavy atom. The fourth-order valence-electron chi connectivity index (χ4n) is 9.90. The third kappa shape index (κ3) is 8.81. The summed E-state index contributed by atoms with van der Waals surface area (Å²) in [7, 11) is 0. The molecule has 5 N–H and O–H groups in total. The maximum absolute atomic E-state index is 8.70. The zero-order chi connectivity index (χ0) is 45.4. The van der Waals surface area contributed by atoms with Gasteiger partial charge in [-0.15, -0.1) is 0 Å². The molecule has 3 nitrogen and oxygen atoms in total. The average Bonchev–Trinajstić information content (AvgIpc) is 3.63. The van der Waals surface area contributed by atoms with E-state index in [0.717, 1.165) is 35.1 Å². The third-order valence-corrected chi connectivity index (χ3v) is 13.1. The monoisotopic (exact) mass is 845 g/mol. The van der Waals surface area contributed by atoms with Gasteiger partial charge in [0.05, 0.1) is 5.41 Å². The molecule has 322 valence electrons. The van der Waals surface area contributed by atoms with E-state index in [2.05, 4.69) is 192 Å². The van der Waals surface area contributed by atoms with Gasteiger partial charge in [-0.1, -0.05) is 238 Å². The van der Waals surface area contributed by atoms with Crippen LogP contribution in [0.2, 0.25) is 0 Å². The lowest BCUT2D eigenvalue weighted by Crippen LogP contribution is -2.41. The van der Waals surface area contributed by atoms with Crippen molar-refractivity contribution in [2.45, 2.75) is 57.9 Å². The number of nitrogens with two attached hydrogens (primary N) is 2. The summed E-state index contributed by atoms with van der Waals surface area (Å²) in [5.41, 5.74) is 30.5. The Bertz CT molecular complexity index is 2900. The van der Waals surface area contributed by atoms with E-state index in [1.165, 1.54) is 66.8 Å². The molecule has 0 unspecified atom stereocenters. The van der Waals surface area contributed by atoms with Crippen LogP contribution in [0.5, 0.6) is 0 Å². The Morgan fingerprint density at radius 2 is 1.05 bits per heavy atom. The van der Waals surface area contributed by atoms with E-state index >= 15 is 0 Å². The van der Waals surface area contributed by atoms with Crippen LogP contribution in [0.15, 0.2) is 218 Å². The van der Waals surface area contributed by atoms with Gasteiger partial charge in [-0.05, 0) is 105 Å². The van der Waals surface area contributed by atoms with Crippen LogP contribution in [0.1, 0.15) is 100 Å². The van der Waals surface area contributed by atoms with E-state index in [1.54, 1.807) is 0 Å². The maximum Gasteiger partial charge on any atom is 0.123 e. The fraction of sp³-hybridized carbons (Fsp3) is 0.145. The highest BCUT2D eigenvalue weighted by molar-refractivity contribution is 6.06. The van der Waals surface area contributed by atoms with Crippen LogP contribution in [-0.2, 0) is 17.4 Å². The number of fused-ring (bicyclic) bond motifs is 6. The highest BCUT2D eigenvalue weighted by Crippen LogP contribution is 2.62. The van der Waals surface area contributed by atoms with E-state index in [-0.39, 0.29) is 11.3 Å². The topological polar surface area (TPSA) is 75.9 Å².